The van der Waals surface area contributed by atoms with E-state index in [0.29, 0.717) is 11.4 Å². The van der Waals surface area contributed by atoms with Crippen molar-refractivity contribution in [1.29, 1.82) is 0 Å². The van der Waals surface area contributed by atoms with Crippen LogP contribution in [0.2, 0.25) is 0 Å². The van der Waals surface area contributed by atoms with Crippen LogP contribution in [0.1, 0.15) is 23.2 Å². The maximum atomic E-state index is 12.1. The van der Waals surface area contributed by atoms with Gasteiger partial charge in [0, 0.05) is 23.4 Å². The fourth-order valence-corrected chi connectivity index (χ4v) is 2.88. The molecule has 0 atom stereocenters. The highest BCUT2D eigenvalue weighted by molar-refractivity contribution is 6.00. The van der Waals surface area contributed by atoms with Crippen molar-refractivity contribution >= 4 is 23.2 Å². The van der Waals surface area contributed by atoms with Gasteiger partial charge in [0.05, 0.1) is 11.9 Å². The van der Waals surface area contributed by atoms with Crippen LogP contribution in [-0.4, -0.2) is 16.8 Å². The van der Waals surface area contributed by atoms with Gasteiger partial charge in [0.15, 0.2) is 5.78 Å². The Bertz CT molecular complexity index is 947. The van der Waals surface area contributed by atoms with Gasteiger partial charge < -0.3 is 10.6 Å². The number of rotatable bonds is 5. The summed E-state index contributed by atoms with van der Waals surface area (Å²) in [6.45, 7) is 0. The van der Waals surface area contributed by atoms with Crippen LogP contribution in [0.4, 0.5) is 16.2 Å². The Hall–Kier alpha value is -3.47. The number of anilines is 2. The van der Waals surface area contributed by atoms with E-state index in [9.17, 15) is 9.59 Å². The van der Waals surface area contributed by atoms with Gasteiger partial charge in [-0.2, -0.15) is 0 Å². The summed E-state index contributed by atoms with van der Waals surface area (Å²) in [7, 11) is 0. The highest BCUT2D eigenvalue weighted by Gasteiger charge is 2.30. The maximum Gasteiger partial charge on any atom is 0.323 e. The van der Waals surface area contributed by atoms with Crippen LogP contribution in [0, 0.1) is 5.92 Å². The summed E-state index contributed by atoms with van der Waals surface area (Å²) in [5.41, 5.74) is 4.17. The maximum absolute atomic E-state index is 12.1. The van der Waals surface area contributed by atoms with Gasteiger partial charge in [0.25, 0.3) is 0 Å². The van der Waals surface area contributed by atoms with Gasteiger partial charge in [-0.05, 0) is 48.2 Å². The summed E-state index contributed by atoms with van der Waals surface area (Å²) in [5, 5.41) is 5.51. The Morgan fingerprint density at radius 1 is 0.815 bits per heavy atom. The van der Waals surface area contributed by atoms with Gasteiger partial charge >= 0.3 is 6.03 Å². The summed E-state index contributed by atoms with van der Waals surface area (Å²) >= 11 is 0. The average Bonchev–Trinajstić information content (AvgIpc) is 3.54. The molecule has 0 unspecified atom stereocenters. The number of nitrogens with one attached hydrogen (secondary N) is 2. The number of aromatic nitrogens is 1. The van der Waals surface area contributed by atoms with Gasteiger partial charge in [-0.15, -0.1) is 0 Å². The lowest BCUT2D eigenvalue weighted by molar-refractivity contribution is 0.0967. The molecule has 0 bridgehead atoms. The van der Waals surface area contributed by atoms with Crippen molar-refractivity contribution in [3.63, 3.8) is 0 Å². The number of Topliss-reactive ketones (excluding diaryl/α,β-unsaturated/α-hetero) is 1. The fraction of sp³-hybridized carbons (Fsp3) is 0.136. The van der Waals surface area contributed by atoms with Gasteiger partial charge in [-0.3, -0.25) is 9.78 Å². The highest BCUT2D eigenvalue weighted by atomic mass is 16.2. The summed E-state index contributed by atoms with van der Waals surface area (Å²) in [6.07, 6.45) is 5.27. The fourth-order valence-electron chi connectivity index (χ4n) is 2.88. The molecule has 4 rings (SSSR count). The van der Waals surface area contributed by atoms with E-state index in [0.717, 1.165) is 29.5 Å². The summed E-state index contributed by atoms with van der Waals surface area (Å²) in [6, 6.07) is 18.5. The minimum atomic E-state index is -0.321. The minimum Gasteiger partial charge on any atom is -0.308 e. The van der Waals surface area contributed by atoms with Crippen LogP contribution in [0.25, 0.3) is 11.1 Å². The number of nitrogens with zero attached hydrogens (tertiary/aromatic N) is 1. The van der Waals surface area contributed by atoms with E-state index in [1.54, 1.807) is 24.5 Å². The topological polar surface area (TPSA) is 71.1 Å². The number of urea groups is 1. The van der Waals surface area contributed by atoms with Gasteiger partial charge in [-0.1, -0.05) is 36.4 Å². The first kappa shape index (κ1) is 17.0. The number of carbonyl (C=O) groups is 2. The molecule has 1 aliphatic rings. The van der Waals surface area contributed by atoms with Crippen LogP contribution in [0.15, 0.2) is 73.1 Å². The Morgan fingerprint density at radius 3 is 2.04 bits per heavy atom. The SMILES string of the molecule is O=C(Nc1ccc(-c2ccc(C(=O)C3CC3)cc2)cc1)Nc1cccnc1. The van der Waals surface area contributed by atoms with Crippen molar-refractivity contribution in [2.75, 3.05) is 10.6 Å². The third-order valence-electron chi connectivity index (χ3n) is 4.51. The zero-order valence-corrected chi connectivity index (χ0v) is 14.7. The molecule has 5 nitrogen and oxygen atoms in total. The van der Waals surface area contributed by atoms with Crippen LogP contribution in [0.3, 0.4) is 0 Å². The van der Waals surface area contributed by atoms with Crippen molar-refractivity contribution < 1.29 is 9.59 Å². The van der Waals surface area contributed by atoms with Crippen LogP contribution >= 0.6 is 0 Å². The van der Waals surface area contributed by atoms with Crippen LogP contribution in [-0.2, 0) is 0 Å². The lowest BCUT2D eigenvalue weighted by atomic mass is 10.0. The highest BCUT2D eigenvalue weighted by Crippen LogP contribution is 2.33. The molecule has 0 aliphatic heterocycles. The minimum absolute atomic E-state index is 0.235. The van der Waals surface area contributed by atoms with Gasteiger partial charge in [0.1, 0.15) is 0 Å². The van der Waals surface area contributed by atoms with Crippen molar-refractivity contribution in [3.05, 3.63) is 78.6 Å². The van der Waals surface area contributed by atoms with Crippen LogP contribution < -0.4 is 10.6 Å². The third kappa shape index (κ3) is 4.20. The molecule has 1 heterocycles. The Balaban J connectivity index is 1.39. The summed E-state index contributed by atoms with van der Waals surface area (Å²) in [4.78, 5) is 28.1. The molecule has 3 aromatic rings. The van der Waals surface area contributed by atoms with Crippen molar-refractivity contribution in [1.82, 2.24) is 4.98 Å². The molecule has 2 N–H and O–H groups in total. The molecule has 5 heteroatoms. The van der Waals surface area contributed by atoms with E-state index in [1.165, 1.54) is 0 Å². The number of carbonyl (C=O) groups excluding carboxylic acids is 2. The molecule has 2 aromatic carbocycles. The molecule has 0 radical (unpaired) electrons. The molecular formula is C22H19N3O2. The van der Waals surface area contributed by atoms with Gasteiger partial charge in [-0.25, -0.2) is 4.79 Å². The second-order valence-electron chi connectivity index (χ2n) is 6.61. The number of hydrogen-bond acceptors (Lipinski definition) is 3. The third-order valence-corrected chi connectivity index (χ3v) is 4.51. The molecule has 27 heavy (non-hydrogen) atoms. The first-order valence-corrected chi connectivity index (χ1v) is 8.92. The molecule has 0 saturated heterocycles. The van der Waals surface area contributed by atoms with E-state index in [2.05, 4.69) is 15.6 Å². The molecule has 1 saturated carbocycles. The Labute approximate surface area is 157 Å². The van der Waals surface area contributed by atoms with Crippen LogP contribution in [0.5, 0.6) is 0 Å². The summed E-state index contributed by atoms with van der Waals surface area (Å²) in [5.74, 6) is 0.486. The van der Waals surface area contributed by atoms with Crippen molar-refractivity contribution in [3.8, 4) is 11.1 Å². The molecule has 1 fully saturated rings. The largest absolute Gasteiger partial charge is 0.323 e. The molecule has 2 amide bonds. The normalized spacial score (nSPS) is 13.0. The summed E-state index contributed by atoms with van der Waals surface area (Å²) < 4.78 is 0. The Kier molecular flexibility index (Phi) is 4.66. The predicted molar refractivity (Wildman–Crippen MR) is 106 cm³/mol. The molecule has 134 valence electrons. The smallest absolute Gasteiger partial charge is 0.308 e. The lowest BCUT2D eigenvalue weighted by Gasteiger charge is -2.08. The quantitative estimate of drug-likeness (QED) is 0.632. The standard InChI is InChI=1S/C22H19N3O2/c26-21(18-7-8-18)17-5-3-15(4-6-17)16-9-11-19(12-10-16)24-22(27)25-20-2-1-13-23-14-20/h1-6,9-14,18H,7-8H2,(H2,24,25,27). The van der Waals surface area contributed by atoms with E-state index in [-0.39, 0.29) is 17.7 Å². The van der Waals surface area contributed by atoms with Crippen molar-refractivity contribution in [2.24, 2.45) is 5.92 Å². The monoisotopic (exact) mass is 357 g/mol. The molecular weight excluding hydrogens is 338 g/mol. The van der Waals surface area contributed by atoms with Gasteiger partial charge in [0.2, 0.25) is 0 Å². The van der Waals surface area contributed by atoms with Crippen molar-refractivity contribution in [2.45, 2.75) is 12.8 Å². The van der Waals surface area contributed by atoms with E-state index in [1.807, 2.05) is 48.5 Å². The average molecular weight is 357 g/mol. The molecule has 0 spiro atoms. The zero-order valence-electron chi connectivity index (χ0n) is 14.7. The lowest BCUT2D eigenvalue weighted by Crippen LogP contribution is -2.19. The van der Waals surface area contributed by atoms with E-state index >= 15 is 0 Å². The number of pyridine rings is 1. The first-order chi connectivity index (χ1) is 13.2. The second kappa shape index (κ2) is 7.41. The zero-order chi connectivity index (χ0) is 18.6. The Morgan fingerprint density at radius 2 is 1.44 bits per heavy atom. The second-order valence-corrected chi connectivity index (χ2v) is 6.61. The molecule has 1 aliphatic carbocycles. The predicted octanol–water partition coefficient (Wildman–Crippen LogP) is 4.99. The molecule has 1 aromatic heterocycles. The number of benzene rings is 2. The number of ketones is 1. The number of hydrogen-bond donors (Lipinski definition) is 2. The van der Waals surface area contributed by atoms with E-state index < -0.39 is 0 Å². The first-order valence-electron chi connectivity index (χ1n) is 8.92. The number of amides is 2. The van der Waals surface area contributed by atoms with E-state index in [4.69, 9.17) is 0 Å².